The van der Waals surface area contributed by atoms with Gasteiger partial charge in [0.25, 0.3) is 0 Å². The van der Waals surface area contributed by atoms with Crippen LogP contribution in [0.25, 0.3) is 6.08 Å². The van der Waals surface area contributed by atoms with Gasteiger partial charge in [-0.05, 0) is 60.2 Å². The maximum absolute atomic E-state index is 12.7. The molecule has 4 rings (SSSR count). The summed E-state index contributed by atoms with van der Waals surface area (Å²) in [5.41, 5.74) is 1.81. The van der Waals surface area contributed by atoms with Gasteiger partial charge in [-0.15, -0.1) is 0 Å². The van der Waals surface area contributed by atoms with Crippen LogP contribution in [0.1, 0.15) is 36.4 Å². The van der Waals surface area contributed by atoms with Gasteiger partial charge in [-0.25, -0.2) is 8.42 Å². The Bertz CT molecular complexity index is 1060. The van der Waals surface area contributed by atoms with Crippen molar-refractivity contribution in [2.75, 3.05) is 26.3 Å². The zero-order chi connectivity index (χ0) is 22.6. The molecule has 1 aliphatic carbocycles. The third-order valence-corrected chi connectivity index (χ3v) is 8.23. The molecule has 0 spiro atoms. The third-order valence-electron chi connectivity index (χ3n) is 6.06. The molecule has 1 unspecified atom stereocenters. The van der Waals surface area contributed by atoms with Crippen molar-refractivity contribution < 1.29 is 17.9 Å². The van der Waals surface area contributed by atoms with E-state index in [0.29, 0.717) is 37.2 Å². The number of nitrogens with zero attached hydrogens (tertiary/aromatic N) is 1. The molecule has 1 saturated heterocycles. The Hall–Kier alpha value is -2.19. The molecule has 0 radical (unpaired) electrons. The Morgan fingerprint density at radius 2 is 1.72 bits per heavy atom. The quantitative estimate of drug-likeness (QED) is 0.615. The molecule has 0 bridgehead atoms. The van der Waals surface area contributed by atoms with Crippen molar-refractivity contribution in [3.63, 3.8) is 0 Å². The van der Waals surface area contributed by atoms with Crippen LogP contribution >= 0.6 is 11.6 Å². The molecule has 1 atom stereocenters. The van der Waals surface area contributed by atoms with Gasteiger partial charge >= 0.3 is 0 Å². The van der Waals surface area contributed by atoms with E-state index in [4.69, 9.17) is 16.3 Å². The summed E-state index contributed by atoms with van der Waals surface area (Å²) in [6, 6.07) is 14.1. The Morgan fingerprint density at radius 3 is 2.31 bits per heavy atom. The minimum atomic E-state index is -3.53. The molecule has 2 aromatic rings. The number of benzene rings is 2. The van der Waals surface area contributed by atoms with Crippen LogP contribution in [0, 0.1) is 5.92 Å². The van der Waals surface area contributed by atoms with Crippen LogP contribution in [0.4, 0.5) is 0 Å². The first-order valence-corrected chi connectivity index (χ1v) is 12.7. The smallest absolute Gasteiger partial charge is 0.244 e. The van der Waals surface area contributed by atoms with E-state index in [1.54, 1.807) is 30.3 Å². The number of nitrogens with one attached hydrogen (secondary N) is 1. The topological polar surface area (TPSA) is 75.7 Å². The van der Waals surface area contributed by atoms with Crippen molar-refractivity contribution in [2.45, 2.75) is 30.2 Å². The lowest BCUT2D eigenvalue weighted by Crippen LogP contribution is -2.40. The van der Waals surface area contributed by atoms with E-state index in [9.17, 15) is 13.2 Å². The lowest BCUT2D eigenvalue weighted by Gasteiger charge is -2.34. The standard InChI is InChI=1S/C24H27ClN2O4S/c25-21-9-7-20(8-10-21)24(19-2-1-3-19)26-23(28)13-6-18-4-11-22(12-5-18)32(29,30)27-14-16-31-17-15-27/h4-13,19,24H,1-3,14-17H2,(H,26,28). The highest BCUT2D eigenvalue weighted by molar-refractivity contribution is 7.89. The molecule has 1 amide bonds. The number of hydrogen-bond donors (Lipinski definition) is 1. The molecule has 2 fully saturated rings. The summed E-state index contributed by atoms with van der Waals surface area (Å²) < 4.78 is 32.1. The van der Waals surface area contributed by atoms with E-state index >= 15 is 0 Å². The zero-order valence-corrected chi connectivity index (χ0v) is 19.3. The van der Waals surface area contributed by atoms with E-state index in [0.717, 1.165) is 24.0 Å². The first-order chi connectivity index (χ1) is 15.4. The van der Waals surface area contributed by atoms with Crippen LogP contribution in [0.3, 0.4) is 0 Å². The second-order valence-electron chi connectivity index (χ2n) is 8.15. The van der Waals surface area contributed by atoms with Crippen LogP contribution in [-0.4, -0.2) is 44.9 Å². The predicted octanol–water partition coefficient (Wildman–Crippen LogP) is 4.03. The SMILES string of the molecule is O=C(C=Cc1ccc(S(=O)(=O)N2CCOCC2)cc1)NC(c1ccc(Cl)cc1)C1CCC1. The molecule has 6 nitrogen and oxygen atoms in total. The summed E-state index contributed by atoms with van der Waals surface area (Å²) >= 11 is 6.01. The maximum atomic E-state index is 12.7. The second-order valence-corrected chi connectivity index (χ2v) is 10.5. The lowest BCUT2D eigenvalue weighted by atomic mass is 9.77. The molecular formula is C24H27ClN2O4S. The fraction of sp³-hybridized carbons (Fsp3) is 0.375. The minimum Gasteiger partial charge on any atom is -0.379 e. The molecule has 1 saturated carbocycles. The fourth-order valence-corrected chi connectivity index (χ4v) is 5.51. The fourth-order valence-electron chi connectivity index (χ4n) is 3.98. The minimum absolute atomic E-state index is 0.0424. The number of halogens is 1. The first kappa shape index (κ1) is 23.0. The number of rotatable bonds is 7. The van der Waals surface area contributed by atoms with E-state index < -0.39 is 10.0 Å². The van der Waals surface area contributed by atoms with Gasteiger partial charge in [0, 0.05) is 24.2 Å². The van der Waals surface area contributed by atoms with Crippen molar-refractivity contribution in [1.29, 1.82) is 0 Å². The zero-order valence-electron chi connectivity index (χ0n) is 17.7. The Balaban J connectivity index is 1.40. The summed E-state index contributed by atoms with van der Waals surface area (Å²) in [6.45, 7) is 1.54. The van der Waals surface area contributed by atoms with Gasteiger partial charge < -0.3 is 10.1 Å². The van der Waals surface area contributed by atoms with E-state index in [1.807, 2.05) is 24.3 Å². The number of amides is 1. The van der Waals surface area contributed by atoms with Gasteiger partial charge in [-0.1, -0.05) is 42.3 Å². The molecule has 1 N–H and O–H groups in total. The first-order valence-electron chi connectivity index (χ1n) is 10.9. The van der Waals surface area contributed by atoms with Crippen molar-refractivity contribution in [3.05, 3.63) is 70.8 Å². The number of morpholine rings is 1. The molecule has 8 heteroatoms. The number of sulfonamides is 1. The molecule has 1 heterocycles. The molecule has 170 valence electrons. The van der Waals surface area contributed by atoms with Gasteiger partial charge in [-0.2, -0.15) is 4.31 Å². The van der Waals surface area contributed by atoms with Crippen LogP contribution < -0.4 is 5.32 Å². The highest BCUT2D eigenvalue weighted by Crippen LogP contribution is 2.38. The molecule has 2 aromatic carbocycles. The van der Waals surface area contributed by atoms with Crippen LogP contribution in [0.2, 0.25) is 5.02 Å². The number of hydrogen-bond acceptors (Lipinski definition) is 4. The van der Waals surface area contributed by atoms with Gasteiger partial charge in [0.1, 0.15) is 0 Å². The summed E-state index contributed by atoms with van der Waals surface area (Å²) in [7, 11) is -3.53. The van der Waals surface area contributed by atoms with Crippen LogP contribution in [-0.2, 0) is 19.6 Å². The van der Waals surface area contributed by atoms with Crippen LogP contribution in [0.5, 0.6) is 0 Å². The molecular weight excluding hydrogens is 448 g/mol. The number of carbonyl (C=O) groups excluding carboxylic acids is 1. The predicted molar refractivity (Wildman–Crippen MR) is 125 cm³/mol. The largest absolute Gasteiger partial charge is 0.379 e. The van der Waals surface area contributed by atoms with Gasteiger partial charge in [0.2, 0.25) is 15.9 Å². The summed E-state index contributed by atoms with van der Waals surface area (Å²) in [4.78, 5) is 12.9. The number of ether oxygens (including phenoxy) is 1. The van der Waals surface area contributed by atoms with Gasteiger partial charge in [-0.3, -0.25) is 4.79 Å². The Labute approximate surface area is 194 Å². The lowest BCUT2D eigenvalue weighted by molar-refractivity contribution is -0.117. The summed E-state index contributed by atoms with van der Waals surface area (Å²) in [5.74, 6) is 0.250. The highest BCUT2D eigenvalue weighted by atomic mass is 35.5. The molecule has 32 heavy (non-hydrogen) atoms. The monoisotopic (exact) mass is 474 g/mol. The summed E-state index contributed by atoms with van der Waals surface area (Å²) in [6.07, 6.45) is 6.56. The van der Waals surface area contributed by atoms with Crippen molar-refractivity contribution in [1.82, 2.24) is 9.62 Å². The number of carbonyl (C=O) groups is 1. The molecule has 2 aliphatic rings. The average molecular weight is 475 g/mol. The average Bonchev–Trinajstić information content (AvgIpc) is 2.77. The van der Waals surface area contributed by atoms with Crippen LogP contribution in [0.15, 0.2) is 59.5 Å². The molecule has 1 aliphatic heterocycles. The highest BCUT2D eigenvalue weighted by Gasteiger charge is 2.29. The second kappa shape index (κ2) is 10.2. The summed E-state index contributed by atoms with van der Waals surface area (Å²) in [5, 5.41) is 3.79. The maximum Gasteiger partial charge on any atom is 0.244 e. The van der Waals surface area contributed by atoms with E-state index in [2.05, 4.69) is 5.32 Å². The van der Waals surface area contributed by atoms with Gasteiger partial charge in [0.15, 0.2) is 0 Å². The normalized spacial score (nSPS) is 18.9. The molecule has 0 aromatic heterocycles. The van der Waals surface area contributed by atoms with E-state index in [1.165, 1.54) is 16.8 Å². The van der Waals surface area contributed by atoms with Crippen molar-refractivity contribution in [3.8, 4) is 0 Å². The van der Waals surface area contributed by atoms with Gasteiger partial charge in [0.05, 0.1) is 24.2 Å². The third kappa shape index (κ3) is 5.41. The van der Waals surface area contributed by atoms with Crippen molar-refractivity contribution >= 4 is 33.6 Å². The van der Waals surface area contributed by atoms with Crippen molar-refractivity contribution in [2.24, 2.45) is 5.92 Å². The van der Waals surface area contributed by atoms with E-state index in [-0.39, 0.29) is 16.8 Å². The Morgan fingerprint density at radius 1 is 1.06 bits per heavy atom. The Kier molecular flexibility index (Phi) is 7.30.